The Balaban J connectivity index is 2.05. The van der Waals surface area contributed by atoms with E-state index in [1.807, 2.05) is 42.6 Å². The van der Waals surface area contributed by atoms with E-state index >= 15 is 0 Å². The number of hydrogen-bond acceptors (Lipinski definition) is 3. The average Bonchev–Trinajstić information content (AvgIpc) is 2.39. The standard InChI is InChI=1S/C15H13N3/c16-15-7-3-4-12(18-15)10-11-8-9-17-14-6-2-1-5-13(11)14/h1-9H,10H2,(H2,16,18). The van der Waals surface area contributed by atoms with Crippen LogP contribution in [0.25, 0.3) is 10.9 Å². The van der Waals surface area contributed by atoms with Crippen LogP contribution >= 0.6 is 0 Å². The summed E-state index contributed by atoms with van der Waals surface area (Å²) in [7, 11) is 0. The molecule has 0 aliphatic heterocycles. The van der Waals surface area contributed by atoms with E-state index in [4.69, 9.17) is 5.73 Å². The van der Waals surface area contributed by atoms with E-state index in [-0.39, 0.29) is 0 Å². The number of nitrogens with two attached hydrogens (primary N) is 1. The van der Waals surface area contributed by atoms with Crippen LogP contribution in [0.15, 0.2) is 54.7 Å². The molecular formula is C15H13N3. The molecule has 0 saturated carbocycles. The number of benzene rings is 1. The summed E-state index contributed by atoms with van der Waals surface area (Å²) in [4.78, 5) is 8.69. The summed E-state index contributed by atoms with van der Waals surface area (Å²) < 4.78 is 0. The van der Waals surface area contributed by atoms with Crippen LogP contribution in [0.4, 0.5) is 5.82 Å². The maximum absolute atomic E-state index is 5.70. The summed E-state index contributed by atoms with van der Waals surface area (Å²) in [6.45, 7) is 0. The van der Waals surface area contributed by atoms with Crippen molar-refractivity contribution < 1.29 is 0 Å². The lowest BCUT2D eigenvalue weighted by atomic mass is 10.0. The molecule has 0 aliphatic rings. The normalized spacial score (nSPS) is 10.7. The smallest absolute Gasteiger partial charge is 0.123 e. The first kappa shape index (κ1) is 10.7. The van der Waals surface area contributed by atoms with Gasteiger partial charge in [-0.15, -0.1) is 0 Å². The van der Waals surface area contributed by atoms with Crippen LogP contribution < -0.4 is 5.73 Å². The van der Waals surface area contributed by atoms with Crippen molar-refractivity contribution in [1.82, 2.24) is 9.97 Å². The minimum atomic E-state index is 0.561. The van der Waals surface area contributed by atoms with E-state index in [1.54, 1.807) is 6.07 Å². The van der Waals surface area contributed by atoms with Crippen LogP contribution in [0.1, 0.15) is 11.3 Å². The minimum absolute atomic E-state index is 0.561. The molecule has 3 nitrogen and oxygen atoms in total. The van der Waals surface area contributed by atoms with Gasteiger partial charge in [0, 0.05) is 23.7 Å². The minimum Gasteiger partial charge on any atom is -0.384 e. The maximum Gasteiger partial charge on any atom is 0.123 e. The van der Waals surface area contributed by atoms with Crippen molar-refractivity contribution in [3.8, 4) is 0 Å². The Bertz CT molecular complexity index is 687. The molecule has 3 heteroatoms. The van der Waals surface area contributed by atoms with Gasteiger partial charge >= 0.3 is 0 Å². The highest BCUT2D eigenvalue weighted by Gasteiger charge is 2.03. The summed E-state index contributed by atoms with van der Waals surface area (Å²) >= 11 is 0. The monoisotopic (exact) mass is 235 g/mol. The lowest BCUT2D eigenvalue weighted by Gasteiger charge is -2.06. The van der Waals surface area contributed by atoms with E-state index in [0.717, 1.165) is 17.6 Å². The SMILES string of the molecule is Nc1cccc(Cc2ccnc3ccccc23)n1. The van der Waals surface area contributed by atoms with Gasteiger partial charge in [0.05, 0.1) is 5.52 Å². The van der Waals surface area contributed by atoms with Crippen molar-refractivity contribution in [1.29, 1.82) is 0 Å². The third-order valence-electron chi connectivity index (χ3n) is 2.94. The Morgan fingerprint density at radius 3 is 2.72 bits per heavy atom. The van der Waals surface area contributed by atoms with E-state index < -0.39 is 0 Å². The van der Waals surface area contributed by atoms with Crippen molar-refractivity contribution in [3.05, 3.63) is 66.0 Å². The summed E-state index contributed by atoms with van der Waals surface area (Å²) in [5.74, 6) is 0.561. The molecule has 0 unspecified atom stereocenters. The van der Waals surface area contributed by atoms with Gasteiger partial charge in [-0.2, -0.15) is 0 Å². The zero-order valence-electron chi connectivity index (χ0n) is 9.88. The van der Waals surface area contributed by atoms with Crippen molar-refractivity contribution in [2.45, 2.75) is 6.42 Å². The molecule has 2 heterocycles. The Labute approximate surface area is 105 Å². The first-order valence-corrected chi connectivity index (χ1v) is 5.87. The fourth-order valence-electron chi connectivity index (χ4n) is 2.10. The molecule has 0 aliphatic carbocycles. The molecule has 88 valence electrons. The van der Waals surface area contributed by atoms with E-state index in [1.165, 1.54) is 10.9 Å². The molecule has 1 aromatic carbocycles. The highest BCUT2D eigenvalue weighted by molar-refractivity contribution is 5.82. The number of nitrogens with zero attached hydrogens (tertiary/aromatic N) is 2. The molecule has 0 spiro atoms. The number of fused-ring (bicyclic) bond motifs is 1. The van der Waals surface area contributed by atoms with Gasteiger partial charge in [0.1, 0.15) is 5.82 Å². The molecular weight excluding hydrogens is 222 g/mol. The van der Waals surface area contributed by atoms with Crippen LogP contribution in [0.5, 0.6) is 0 Å². The lowest BCUT2D eigenvalue weighted by Crippen LogP contribution is -1.97. The summed E-state index contributed by atoms with van der Waals surface area (Å²) in [5.41, 5.74) is 8.91. The van der Waals surface area contributed by atoms with Gasteiger partial charge in [0.2, 0.25) is 0 Å². The van der Waals surface area contributed by atoms with E-state index in [9.17, 15) is 0 Å². The number of pyridine rings is 2. The summed E-state index contributed by atoms with van der Waals surface area (Å²) in [5, 5.41) is 1.17. The molecule has 3 aromatic rings. The molecule has 0 saturated heterocycles. The zero-order valence-corrected chi connectivity index (χ0v) is 9.88. The average molecular weight is 235 g/mol. The molecule has 0 radical (unpaired) electrons. The quantitative estimate of drug-likeness (QED) is 0.743. The van der Waals surface area contributed by atoms with Gasteiger partial charge in [-0.1, -0.05) is 24.3 Å². The van der Waals surface area contributed by atoms with Crippen LogP contribution in [-0.4, -0.2) is 9.97 Å². The number of anilines is 1. The topological polar surface area (TPSA) is 51.8 Å². The molecule has 0 bridgehead atoms. The third-order valence-corrected chi connectivity index (χ3v) is 2.94. The Hall–Kier alpha value is -2.42. The van der Waals surface area contributed by atoms with Gasteiger partial charge in [0.25, 0.3) is 0 Å². The molecule has 3 rings (SSSR count). The van der Waals surface area contributed by atoms with Gasteiger partial charge < -0.3 is 5.73 Å². The number of hydrogen-bond donors (Lipinski definition) is 1. The van der Waals surface area contributed by atoms with Crippen LogP contribution in [0, 0.1) is 0 Å². The molecule has 0 amide bonds. The number of nitrogen functional groups attached to an aromatic ring is 1. The second kappa shape index (κ2) is 4.45. The fraction of sp³-hybridized carbons (Fsp3) is 0.0667. The van der Waals surface area contributed by atoms with Gasteiger partial charge in [-0.05, 0) is 29.8 Å². The van der Waals surface area contributed by atoms with E-state index in [2.05, 4.69) is 16.0 Å². The van der Waals surface area contributed by atoms with Gasteiger partial charge in [-0.3, -0.25) is 4.98 Å². The van der Waals surface area contributed by atoms with E-state index in [0.29, 0.717) is 5.82 Å². The number of rotatable bonds is 2. The largest absolute Gasteiger partial charge is 0.384 e. The molecule has 2 N–H and O–H groups in total. The Morgan fingerprint density at radius 2 is 1.83 bits per heavy atom. The molecule has 18 heavy (non-hydrogen) atoms. The lowest BCUT2D eigenvalue weighted by molar-refractivity contribution is 1.09. The van der Waals surface area contributed by atoms with Crippen molar-refractivity contribution in [2.75, 3.05) is 5.73 Å². The Kier molecular flexibility index (Phi) is 2.65. The maximum atomic E-state index is 5.70. The van der Waals surface area contributed by atoms with Crippen LogP contribution in [0.3, 0.4) is 0 Å². The van der Waals surface area contributed by atoms with Crippen LogP contribution in [0.2, 0.25) is 0 Å². The fourth-order valence-corrected chi connectivity index (χ4v) is 2.10. The highest BCUT2D eigenvalue weighted by atomic mass is 14.8. The second-order valence-electron chi connectivity index (χ2n) is 4.22. The second-order valence-corrected chi connectivity index (χ2v) is 4.22. The number of aromatic nitrogens is 2. The predicted octanol–water partition coefficient (Wildman–Crippen LogP) is 2.80. The zero-order chi connectivity index (χ0) is 12.4. The predicted molar refractivity (Wildman–Crippen MR) is 73.2 cm³/mol. The summed E-state index contributed by atoms with van der Waals surface area (Å²) in [6.07, 6.45) is 2.61. The Morgan fingerprint density at radius 1 is 0.944 bits per heavy atom. The molecule has 2 aromatic heterocycles. The third kappa shape index (κ3) is 2.02. The molecule has 0 fully saturated rings. The van der Waals surface area contributed by atoms with Crippen LogP contribution in [-0.2, 0) is 6.42 Å². The molecule has 0 atom stereocenters. The van der Waals surface area contributed by atoms with Crippen molar-refractivity contribution in [2.24, 2.45) is 0 Å². The van der Waals surface area contributed by atoms with Gasteiger partial charge in [-0.25, -0.2) is 4.98 Å². The first-order chi connectivity index (χ1) is 8.83. The highest BCUT2D eigenvalue weighted by Crippen LogP contribution is 2.18. The van der Waals surface area contributed by atoms with Gasteiger partial charge in [0.15, 0.2) is 0 Å². The van der Waals surface area contributed by atoms with Crippen molar-refractivity contribution >= 4 is 16.7 Å². The van der Waals surface area contributed by atoms with Crippen molar-refractivity contribution in [3.63, 3.8) is 0 Å². The first-order valence-electron chi connectivity index (χ1n) is 5.87. The summed E-state index contributed by atoms with van der Waals surface area (Å²) in [6, 6.07) is 15.9. The number of para-hydroxylation sites is 1.